The highest BCUT2D eigenvalue weighted by Crippen LogP contribution is 2.39. The minimum absolute atomic E-state index is 0.0529. The minimum Gasteiger partial charge on any atom is -0.507 e. The minimum atomic E-state index is -5.12. The Labute approximate surface area is 205 Å². The zero-order chi connectivity index (χ0) is 26.3. The number of carbonyl (C=O) groups is 1. The van der Waals surface area contributed by atoms with Crippen molar-refractivity contribution < 1.29 is 27.8 Å². The van der Waals surface area contributed by atoms with E-state index in [0.717, 1.165) is 12.1 Å². The Hall–Kier alpha value is -3.51. The Morgan fingerprint density at radius 3 is 2.26 bits per heavy atom. The van der Waals surface area contributed by atoms with Crippen LogP contribution in [-0.4, -0.2) is 31.3 Å². The first kappa shape index (κ1) is 26.1. The van der Waals surface area contributed by atoms with Gasteiger partial charge in [-0.3, -0.25) is 14.6 Å². The third-order valence-corrected chi connectivity index (χ3v) is 4.81. The van der Waals surface area contributed by atoms with E-state index in [9.17, 15) is 32.7 Å². The summed E-state index contributed by atoms with van der Waals surface area (Å²) in [5, 5.41) is 15.4. The lowest BCUT2D eigenvalue weighted by Crippen LogP contribution is -2.40. The molecule has 1 aromatic heterocycles. The van der Waals surface area contributed by atoms with Crippen LogP contribution >= 0.6 is 23.2 Å². The maximum Gasteiger partial charge on any atom is 0.440 e. The van der Waals surface area contributed by atoms with Gasteiger partial charge in [0, 0.05) is 5.54 Å². The molecule has 14 heteroatoms. The summed E-state index contributed by atoms with van der Waals surface area (Å²) < 4.78 is 45.0. The zero-order valence-electron chi connectivity index (χ0n) is 18.3. The van der Waals surface area contributed by atoms with Gasteiger partial charge in [0.2, 0.25) is 5.69 Å². The highest BCUT2D eigenvalue weighted by atomic mass is 35.5. The second-order valence-corrected chi connectivity index (χ2v) is 9.06. The fraction of sp³-hybridized carbons (Fsp3) is 0.238. The quantitative estimate of drug-likeness (QED) is 0.460. The van der Waals surface area contributed by atoms with E-state index in [0.29, 0.717) is 0 Å². The van der Waals surface area contributed by atoms with Crippen LogP contribution in [0.2, 0.25) is 10.0 Å². The average molecular weight is 533 g/mol. The van der Waals surface area contributed by atoms with Gasteiger partial charge in [0.05, 0.1) is 21.3 Å². The van der Waals surface area contributed by atoms with Crippen molar-refractivity contribution >= 4 is 29.1 Å². The summed E-state index contributed by atoms with van der Waals surface area (Å²) in [4.78, 5) is 37.5. The Morgan fingerprint density at radius 2 is 1.71 bits per heavy atom. The monoisotopic (exact) mass is 532 g/mol. The first-order chi connectivity index (χ1) is 16.1. The Bertz CT molecular complexity index is 1410. The Morgan fingerprint density at radius 1 is 1.11 bits per heavy atom. The lowest BCUT2D eigenvalue weighted by Gasteiger charge is -2.21. The van der Waals surface area contributed by atoms with Crippen LogP contribution in [0, 0.1) is 0 Å². The Kier molecular flexibility index (Phi) is 6.91. The number of aromatic hydroxyl groups is 1. The molecule has 186 valence electrons. The first-order valence-corrected chi connectivity index (χ1v) is 10.5. The number of phenols is 1. The SMILES string of the molecule is CC(C)(C)NC(=O)c1cc(Oc2c(Cl)cc(-n3nc(C(F)(F)F)c(=O)[nH]c3=O)cc2Cl)ccc1O. The van der Waals surface area contributed by atoms with E-state index in [-0.39, 0.29) is 43.2 Å². The summed E-state index contributed by atoms with van der Waals surface area (Å²) in [7, 11) is 0. The van der Waals surface area contributed by atoms with E-state index in [4.69, 9.17) is 27.9 Å². The van der Waals surface area contributed by atoms with Gasteiger partial charge in [-0.15, -0.1) is 0 Å². The number of carbonyl (C=O) groups excluding carboxylic acids is 1. The maximum absolute atomic E-state index is 13.0. The summed E-state index contributed by atoms with van der Waals surface area (Å²) >= 11 is 12.4. The molecular weight excluding hydrogens is 516 g/mol. The number of nitrogens with zero attached hydrogens (tertiary/aromatic N) is 2. The van der Waals surface area contributed by atoms with E-state index < -0.39 is 34.6 Å². The average Bonchev–Trinajstić information content (AvgIpc) is 2.69. The summed E-state index contributed by atoms with van der Waals surface area (Å²) in [5.41, 5.74) is -5.75. The number of aromatic nitrogens is 3. The van der Waals surface area contributed by atoms with Crippen molar-refractivity contribution in [3.8, 4) is 22.9 Å². The van der Waals surface area contributed by atoms with Gasteiger partial charge in [0.25, 0.3) is 11.5 Å². The Balaban J connectivity index is 2.00. The zero-order valence-corrected chi connectivity index (χ0v) is 19.8. The largest absolute Gasteiger partial charge is 0.507 e. The van der Waals surface area contributed by atoms with Gasteiger partial charge in [-0.2, -0.15) is 23.0 Å². The number of hydrogen-bond acceptors (Lipinski definition) is 6. The van der Waals surface area contributed by atoms with Crippen molar-refractivity contribution in [1.29, 1.82) is 0 Å². The molecule has 0 spiro atoms. The number of H-pyrrole nitrogens is 1. The van der Waals surface area contributed by atoms with Gasteiger partial charge in [0.1, 0.15) is 11.5 Å². The molecule has 3 aromatic rings. The van der Waals surface area contributed by atoms with Crippen LogP contribution in [-0.2, 0) is 6.18 Å². The fourth-order valence-electron chi connectivity index (χ4n) is 2.81. The molecule has 2 aromatic carbocycles. The van der Waals surface area contributed by atoms with Crippen molar-refractivity contribution in [2.45, 2.75) is 32.5 Å². The molecule has 0 saturated heterocycles. The summed E-state index contributed by atoms with van der Waals surface area (Å²) in [5.74, 6) is -0.983. The van der Waals surface area contributed by atoms with E-state index in [1.54, 1.807) is 20.8 Å². The van der Waals surface area contributed by atoms with Crippen LogP contribution in [0.5, 0.6) is 17.2 Å². The molecule has 3 rings (SSSR count). The molecular formula is C21H17Cl2F3N4O5. The van der Waals surface area contributed by atoms with Crippen LogP contribution in [0.3, 0.4) is 0 Å². The van der Waals surface area contributed by atoms with Crippen LogP contribution < -0.4 is 21.3 Å². The van der Waals surface area contributed by atoms with Gasteiger partial charge in [0.15, 0.2) is 5.75 Å². The number of alkyl halides is 3. The molecule has 35 heavy (non-hydrogen) atoms. The number of halogens is 5. The molecule has 0 unspecified atom stereocenters. The van der Waals surface area contributed by atoms with Crippen molar-refractivity contribution in [3.63, 3.8) is 0 Å². The molecule has 0 saturated carbocycles. The number of hydrogen-bond donors (Lipinski definition) is 3. The predicted octanol–water partition coefficient (Wildman–Crippen LogP) is 4.27. The number of benzene rings is 2. The molecule has 0 bridgehead atoms. The van der Waals surface area contributed by atoms with Gasteiger partial charge in [-0.1, -0.05) is 23.2 Å². The second-order valence-electron chi connectivity index (χ2n) is 8.24. The molecule has 0 fully saturated rings. The van der Waals surface area contributed by atoms with Gasteiger partial charge in [-0.25, -0.2) is 4.79 Å². The lowest BCUT2D eigenvalue weighted by molar-refractivity contribution is -0.143. The smallest absolute Gasteiger partial charge is 0.440 e. The molecule has 0 aliphatic heterocycles. The van der Waals surface area contributed by atoms with E-state index >= 15 is 0 Å². The fourth-order valence-corrected chi connectivity index (χ4v) is 3.37. The number of ether oxygens (including phenoxy) is 1. The molecule has 0 aliphatic carbocycles. The van der Waals surface area contributed by atoms with Crippen LogP contribution in [0.4, 0.5) is 13.2 Å². The number of amides is 1. The topological polar surface area (TPSA) is 126 Å². The molecule has 0 atom stereocenters. The van der Waals surface area contributed by atoms with Crippen molar-refractivity contribution in [3.05, 3.63) is 72.5 Å². The molecule has 3 N–H and O–H groups in total. The highest BCUT2D eigenvalue weighted by molar-refractivity contribution is 6.37. The molecule has 9 nitrogen and oxygen atoms in total. The van der Waals surface area contributed by atoms with Crippen LogP contribution in [0.1, 0.15) is 36.8 Å². The normalized spacial score (nSPS) is 11.9. The number of phenolic OH excluding ortho intramolecular Hbond substituents is 1. The molecule has 0 radical (unpaired) electrons. The van der Waals surface area contributed by atoms with Crippen molar-refractivity contribution in [1.82, 2.24) is 20.1 Å². The maximum atomic E-state index is 13.0. The van der Waals surface area contributed by atoms with Gasteiger partial charge >= 0.3 is 11.9 Å². The summed E-state index contributed by atoms with van der Waals surface area (Å²) in [6, 6.07) is 5.87. The number of rotatable bonds is 4. The number of nitrogens with one attached hydrogen (secondary N) is 2. The van der Waals surface area contributed by atoms with E-state index in [2.05, 4.69) is 10.4 Å². The van der Waals surface area contributed by atoms with Crippen LogP contribution in [0.25, 0.3) is 5.69 Å². The summed E-state index contributed by atoms with van der Waals surface area (Å²) in [6.45, 7) is 5.26. The lowest BCUT2D eigenvalue weighted by atomic mass is 10.1. The summed E-state index contributed by atoms with van der Waals surface area (Å²) in [6.07, 6.45) is -5.12. The van der Waals surface area contributed by atoms with Gasteiger partial charge < -0.3 is 15.2 Å². The third-order valence-electron chi connectivity index (χ3n) is 4.25. The third kappa shape index (κ3) is 5.95. The van der Waals surface area contributed by atoms with Crippen molar-refractivity contribution in [2.75, 3.05) is 0 Å². The second kappa shape index (κ2) is 9.27. The van der Waals surface area contributed by atoms with Crippen LogP contribution in [0.15, 0.2) is 39.9 Å². The number of aromatic amines is 1. The predicted molar refractivity (Wildman–Crippen MR) is 121 cm³/mol. The first-order valence-electron chi connectivity index (χ1n) is 9.70. The van der Waals surface area contributed by atoms with E-state index in [1.165, 1.54) is 23.2 Å². The molecule has 1 amide bonds. The molecule has 1 heterocycles. The van der Waals surface area contributed by atoms with Gasteiger partial charge in [-0.05, 0) is 51.1 Å². The standard InChI is InChI=1S/C21H17Cl2F3N4O5/c1-20(2,3)28-17(32)11-8-10(4-5-14(11)31)35-15-12(22)6-9(7-13(15)23)30-19(34)27-18(33)16(29-30)21(24,25)26/h4-8,31H,1-3H3,(H,28,32)(H,27,33,34). The molecule has 0 aliphatic rings. The van der Waals surface area contributed by atoms with E-state index in [1.807, 2.05) is 0 Å². The highest BCUT2D eigenvalue weighted by Gasteiger charge is 2.37. The van der Waals surface area contributed by atoms with Crippen molar-refractivity contribution in [2.24, 2.45) is 0 Å².